The van der Waals surface area contributed by atoms with Gasteiger partial charge in [-0.1, -0.05) is 53.5 Å². The Kier molecular flexibility index (Phi) is 8.64. The molecule has 6 heteroatoms. The summed E-state index contributed by atoms with van der Waals surface area (Å²) in [5.74, 6) is -0.688. The molecule has 0 radical (unpaired) electrons. The lowest BCUT2D eigenvalue weighted by molar-refractivity contribution is -0.140. The van der Waals surface area contributed by atoms with Gasteiger partial charge < -0.3 is 10.2 Å². The van der Waals surface area contributed by atoms with Gasteiger partial charge in [0.1, 0.15) is 11.9 Å². The molecule has 0 unspecified atom stereocenters. The van der Waals surface area contributed by atoms with Crippen LogP contribution in [0, 0.1) is 5.82 Å². The number of carbonyl (C=O) groups is 2. The lowest BCUT2D eigenvalue weighted by atomic mass is 10.1. The number of carbonyl (C=O) groups excluding carboxylic acids is 2. The fourth-order valence-corrected chi connectivity index (χ4v) is 3.28. The van der Waals surface area contributed by atoms with Gasteiger partial charge in [0.25, 0.3) is 0 Å². The van der Waals surface area contributed by atoms with Crippen LogP contribution in [-0.4, -0.2) is 29.3 Å². The minimum Gasteiger partial charge on any atom is -0.354 e. The molecular formula is C22H26BrFN2O2. The van der Waals surface area contributed by atoms with Crippen LogP contribution in [0.1, 0.15) is 37.8 Å². The summed E-state index contributed by atoms with van der Waals surface area (Å²) < 4.78 is 14.0. The molecule has 4 nitrogen and oxygen atoms in total. The molecule has 0 saturated carbocycles. The summed E-state index contributed by atoms with van der Waals surface area (Å²) in [5.41, 5.74) is 1.64. The molecule has 2 aromatic carbocycles. The second-order valence-corrected chi connectivity index (χ2v) is 7.69. The van der Waals surface area contributed by atoms with E-state index >= 15 is 0 Å². The summed E-state index contributed by atoms with van der Waals surface area (Å²) in [7, 11) is 0. The van der Waals surface area contributed by atoms with Crippen molar-refractivity contribution in [2.75, 3.05) is 6.54 Å². The smallest absolute Gasteiger partial charge is 0.242 e. The highest BCUT2D eigenvalue weighted by atomic mass is 79.9. The molecule has 0 bridgehead atoms. The molecule has 0 aliphatic carbocycles. The van der Waals surface area contributed by atoms with Gasteiger partial charge in [0.15, 0.2) is 0 Å². The standard InChI is InChI=1S/C22H26BrFN2O2/c1-3-4-12-25-22(28)16(2)26(15-18-6-5-7-19(23)13-18)21(27)14-17-8-10-20(24)11-9-17/h5-11,13,16H,3-4,12,14-15H2,1-2H3,(H,25,28)/t16-/m1/s1. The fraction of sp³-hybridized carbons (Fsp3) is 0.364. The predicted octanol–water partition coefficient (Wildman–Crippen LogP) is 4.46. The Morgan fingerprint density at radius 2 is 1.86 bits per heavy atom. The summed E-state index contributed by atoms with van der Waals surface area (Å²) in [5, 5.41) is 2.90. The first kappa shape index (κ1) is 22.1. The molecular weight excluding hydrogens is 423 g/mol. The molecule has 0 saturated heterocycles. The van der Waals surface area contributed by atoms with Gasteiger partial charge in [0.05, 0.1) is 6.42 Å². The van der Waals surface area contributed by atoms with Crippen LogP contribution < -0.4 is 5.32 Å². The Morgan fingerprint density at radius 1 is 1.14 bits per heavy atom. The first-order chi connectivity index (χ1) is 13.4. The molecule has 0 heterocycles. The van der Waals surface area contributed by atoms with Crippen LogP contribution in [0.2, 0.25) is 0 Å². The first-order valence-corrected chi connectivity index (χ1v) is 10.3. The van der Waals surface area contributed by atoms with Crippen LogP contribution in [0.25, 0.3) is 0 Å². The summed E-state index contributed by atoms with van der Waals surface area (Å²) in [6.45, 7) is 4.71. The number of nitrogens with one attached hydrogen (secondary N) is 1. The molecule has 2 aromatic rings. The van der Waals surface area contributed by atoms with Crippen molar-refractivity contribution in [1.29, 1.82) is 0 Å². The zero-order chi connectivity index (χ0) is 20.5. The third-order valence-electron chi connectivity index (χ3n) is 4.51. The van der Waals surface area contributed by atoms with Crippen LogP contribution in [0.15, 0.2) is 53.0 Å². The predicted molar refractivity (Wildman–Crippen MR) is 112 cm³/mol. The SMILES string of the molecule is CCCCNC(=O)[C@@H](C)N(Cc1cccc(Br)c1)C(=O)Cc1ccc(F)cc1. The van der Waals surface area contributed by atoms with E-state index in [4.69, 9.17) is 0 Å². The van der Waals surface area contributed by atoms with Gasteiger partial charge in [0.2, 0.25) is 11.8 Å². The van der Waals surface area contributed by atoms with E-state index in [1.165, 1.54) is 12.1 Å². The number of halogens is 2. The largest absolute Gasteiger partial charge is 0.354 e. The molecule has 2 amide bonds. The average molecular weight is 449 g/mol. The molecule has 150 valence electrons. The molecule has 1 atom stereocenters. The number of hydrogen-bond acceptors (Lipinski definition) is 2. The molecule has 28 heavy (non-hydrogen) atoms. The average Bonchev–Trinajstić information content (AvgIpc) is 2.67. The van der Waals surface area contributed by atoms with Crippen molar-refractivity contribution in [3.8, 4) is 0 Å². The highest BCUT2D eigenvalue weighted by molar-refractivity contribution is 9.10. The van der Waals surface area contributed by atoms with E-state index in [1.54, 1.807) is 24.0 Å². The van der Waals surface area contributed by atoms with E-state index in [0.717, 1.165) is 22.9 Å². The number of amides is 2. The molecule has 2 rings (SSSR count). The number of hydrogen-bond donors (Lipinski definition) is 1. The van der Waals surface area contributed by atoms with Crippen LogP contribution in [0.3, 0.4) is 0 Å². The third kappa shape index (κ3) is 6.75. The van der Waals surface area contributed by atoms with Crippen molar-refractivity contribution >= 4 is 27.7 Å². The summed E-state index contributed by atoms with van der Waals surface area (Å²) in [6, 6.07) is 12.9. The summed E-state index contributed by atoms with van der Waals surface area (Å²) in [4.78, 5) is 27.1. The van der Waals surface area contributed by atoms with Crippen molar-refractivity contribution in [2.45, 2.75) is 45.7 Å². The maximum absolute atomic E-state index is 13.1. The number of nitrogens with zero attached hydrogens (tertiary/aromatic N) is 1. The number of rotatable bonds is 9. The van der Waals surface area contributed by atoms with Crippen molar-refractivity contribution in [3.05, 3.63) is 69.9 Å². The van der Waals surface area contributed by atoms with Crippen LogP contribution >= 0.6 is 15.9 Å². The zero-order valence-electron chi connectivity index (χ0n) is 16.3. The highest BCUT2D eigenvalue weighted by Gasteiger charge is 2.26. The minimum atomic E-state index is -0.608. The topological polar surface area (TPSA) is 49.4 Å². The van der Waals surface area contributed by atoms with E-state index in [2.05, 4.69) is 28.2 Å². The zero-order valence-corrected chi connectivity index (χ0v) is 17.8. The lowest BCUT2D eigenvalue weighted by Crippen LogP contribution is -2.48. The highest BCUT2D eigenvalue weighted by Crippen LogP contribution is 2.16. The molecule has 0 spiro atoms. The van der Waals surface area contributed by atoms with E-state index in [-0.39, 0.29) is 24.1 Å². The molecule has 0 fully saturated rings. The van der Waals surface area contributed by atoms with Crippen LogP contribution in [-0.2, 0) is 22.6 Å². The minimum absolute atomic E-state index is 0.112. The Balaban J connectivity index is 2.17. The van der Waals surface area contributed by atoms with Crippen molar-refractivity contribution in [3.63, 3.8) is 0 Å². The fourth-order valence-electron chi connectivity index (χ4n) is 2.83. The number of benzene rings is 2. The van der Waals surface area contributed by atoms with Crippen molar-refractivity contribution in [1.82, 2.24) is 10.2 Å². The Morgan fingerprint density at radius 3 is 2.50 bits per heavy atom. The Bertz CT molecular complexity index is 795. The third-order valence-corrected chi connectivity index (χ3v) is 5.00. The molecule has 0 aromatic heterocycles. The van der Waals surface area contributed by atoms with E-state index in [9.17, 15) is 14.0 Å². The van der Waals surface area contributed by atoms with Crippen molar-refractivity contribution < 1.29 is 14.0 Å². The van der Waals surface area contributed by atoms with Gasteiger partial charge in [-0.2, -0.15) is 0 Å². The van der Waals surface area contributed by atoms with Crippen LogP contribution in [0.5, 0.6) is 0 Å². The second kappa shape index (κ2) is 11.0. The number of unbranched alkanes of at least 4 members (excludes halogenated alkanes) is 1. The monoisotopic (exact) mass is 448 g/mol. The van der Waals surface area contributed by atoms with E-state index in [1.807, 2.05) is 24.3 Å². The maximum atomic E-state index is 13.1. The van der Waals surface area contributed by atoms with Gasteiger partial charge in [-0.25, -0.2) is 4.39 Å². The van der Waals surface area contributed by atoms with E-state index < -0.39 is 6.04 Å². The van der Waals surface area contributed by atoms with Gasteiger partial charge in [-0.3, -0.25) is 9.59 Å². The first-order valence-electron chi connectivity index (χ1n) is 9.46. The van der Waals surface area contributed by atoms with E-state index in [0.29, 0.717) is 18.7 Å². The maximum Gasteiger partial charge on any atom is 0.242 e. The normalized spacial score (nSPS) is 11.7. The van der Waals surface area contributed by atoms with Gasteiger partial charge in [-0.05, 0) is 48.7 Å². The molecule has 0 aliphatic rings. The second-order valence-electron chi connectivity index (χ2n) is 6.78. The van der Waals surface area contributed by atoms with Crippen LogP contribution in [0.4, 0.5) is 4.39 Å². The Labute approximate surface area is 174 Å². The Hall–Kier alpha value is -2.21. The van der Waals surface area contributed by atoms with Crippen molar-refractivity contribution in [2.24, 2.45) is 0 Å². The summed E-state index contributed by atoms with van der Waals surface area (Å²) in [6.07, 6.45) is 1.99. The quantitative estimate of drug-likeness (QED) is 0.575. The molecule has 0 aliphatic heterocycles. The van der Waals surface area contributed by atoms with Gasteiger partial charge in [-0.15, -0.1) is 0 Å². The van der Waals surface area contributed by atoms with Gasteiger partial charge >= 0.3 is 0 Å². The lowest BCUT2D eigenvalue weighted by Gasteiger charge is -2.29. The van der Waals surface area contributed by atoms with Gasteiger partial charge in [0, 0.05) is 17.6 Å². The molecule has 1 N–H and O–H groups in total. The summed E-state index contributed by atoms with van der Waals surface area (Å²) >= 11 is 3.44.